The highest BCUT2D eigenvalue weighted by Gasteiger charge is 2.10. The summed E-state index contributed by atoms with van der Waals surface area (Å²) in [7, 11) is 1.86. The molecule has 0 saturated heterocycles. The van der Waals surface area contributed by atoms with Gasteiger partial charge < -0.3 is 5.73 Å². The first-order valence-corrected chi connectivity index (χ1v) is 4.96. The molecular formula is C9H11N3S. The van der Waals surface area contributed by atoms with E-state index in [1.807, 2.05) is 19.4 Å². The molecule has 0 atom stereocenters. The first-order chi connectivity index (χ1) is 6.20. The van der Waals surface area contributed by atoms with Gasteiger partial charge in [-0.1, -0.05) is 0 Å². The lowest BCUT2D eigenvalue weighted by atomic mass is 10.1. The molecule has 0 fully saturated rings. The molecule has 0 aromatic carbocycles. The summed E-state index contributed by atoms with van der Waals surface area (Å²) in [6, 6.07) is 2.06. The Morgan fingerprint density at radius 1 is 1.54 bits per heavy atom. The van der Waals surface area contributed by atoms with Crippen LogP contribution in [0.3, 0.4) is 0 Å². The first-order valence-electron chi connectivity index (χ1n) is 4.02. The lowest BCUT2D eigenvalue weighted by Gasteiger charge is -1.92. The Labute approximate surface area is 80.8 Å². The maximum Gasteiger partial charge on any atom is 0.124 e. The van der Waals surface area contributed by atoms with Gasteiger partial charge in [0.15, 0.2) is 0 Å². The molecule has 2 aromatic rings. The summed E-state index contributed by atoms with van der Waals surface area (Å²) in [5.74, 6) is 0.737. The molecule has 2 heterocycles. The fourth-order valence-corrected chi connectivity index (χ4v) is 1.96. The predicted molar refractivity (Wildman–Crippen MR) is 55.7 cm³/mol. The van der Waals surface area contributed by atoms with Crippen LogP contribution in [0.25, 0.3) is 11.3 Å². The van der Waals surface area contributed by atoms with Gasteiger partial charge >= 0.3 is 0 Å². The first kappa shape index (κ1) is 8.31. The van der Waals surface area contributed by atoms with Gasteiger partial charge in [-0.15, -0.1) is 0 Å². The molecule has 0 aliphatic carbocycles. The summed E-state index contributed by atoms with van der Waals surface area (Å²) in [5.41, 5.74) is 9.00. The number of anilines is 1. The van der Waals surface area contributed by atoms with E-state index in [0.717, 1.165) is 22.6 Å². The summed E-state index contributed by atoms with van der Waals surface area (Å²) in [6.07, 6.45) is 0. The highest BCUT2D eigenvalue weighted by Crippen LogP contribution is 2.26. The SMILES string of the molecule is Cc1c(-c2ccsc2)nn(C)c1N. The van der Waals surface area contributed by atoms with Crippen LogP contribution >= 0.6 is 11.3 Å². The van der Waals surface area contributed by atoms with Crippen LogP contribution < -0.4 is 5.73 Å². The standard InChI is InChI=1S/C9H11N3S/c1-6-8(7-3-4-13-5-7)11-12(2)9(6)10/h3-5H,10H2,1-2H3. The van der Waals surface area contributed by atoms with E-state index in [1.165, 1.54) is 0 Å². The van der Waals surface area contributed by atoms with E-state index in [4.69, 9.17) is 5.73 Å². The number of hydrogen-bond donors (Lipinski definition) is 1. The van der Waals surface area contributed by atoms with Crippen molar-refractivity contribution in [2.75, 3.05) is 5.73 Å². The van der Waals surface area contributed by atoms with E-state index in [1.54, 1.807) is 16.0 Å². The molecule has 0 saturated carbocycles. The maximum absolute atomic E-state index is 5.81. The van der Waals surface area contributed by atoms with Crippen molar-refractivity contribution in [2.45, 2.75) is 6.92 Å². The van der Waals surface area contributed by atoms with Gasteiger partial charge in [-0.25, -0.2) is 0 Å². The second-order valence-electron chi connectivity index (χ2n) is 2.99. The van der Waals surface area contributed by atoms with Gasteiger partial charge in [0.05, 0.1) is 5.69 Å². The molecule has 13 heavy (non-hydrogen) atoms. The van der Waals surface area contributed by atoms with E-state index in [-0.39, 0.29) is 0 Å². The van der Waals surface area contributed by atoms with E-state index < -0.39 is 0 Å². The normalized spacial score (nSPS) is 10.6. The molecule has 0 amide bonds. The molecule has 0 aliphatic rings. The Hall–Kier alpha value is -1.29. The average molecular weight is 193 g/mol. The smallest absolute Gasteiger partial charge is 0.124 e. The van der Waals surface area contributed by atoms with Crippen LogP contribution in [0, 0.1) is 6.92 Å². The number of thiophene rings is 1. The third-order valence-electron chi connectivity index (χ3n) is 2.13. The van der Waals surface area contributed by atoms with Gasteiger partial charge in [-0.2, -0.15) is 16.4 Å². The van der Waals surface area contributed by atoms with Crippen LogP contribution in [0.15, 0.2) is 16.8 Å². The Morgan fingerprint density at radius 3 is 2.77 bits per heavy atom. The lowest BCUT2D eigenvalue weighted by Crippen LogP contribution is -1.97. The minimum atomic E-state index is 0.737. The number of rotatable bonds is 1. The summed E-state index contributed by atoms with van der Waals surface area (Å²) in [4.78, 5) is 0. The maximum atomic E-state index is 5.81. The van der Waals surface area contributed by atoms with Crippen molar-refractivity contribution in [1.82, 2.24) is 9.78 Å². The highest BCUT2D eigenvalue weighted by molar-refractivity contribution is 7.08. The van der Waals surface area contributed by atoms with Crippen LogP contribution in [-0.2, 0) is 7.05 Å². The van der Waals surface area contributed by atoms with Gasteiger partial charge in [0.25, 0.3) is 0 Å². The molecule has 0 radical (unpaired) electrons. The number of nitrogens with two attached hydrogens (primary N) is 1. The van der Waals surface area contributed by atoms with E-state index in [0.29, 0.717) is 0 Å². The van der Waals surface area contributed by atoms with E-state index in [2.05, 4.69) is 16.5 Å². The Balaban J connectivity index is 2.59. The second kappa shape index (κ2) is 2.88. The second-order valence-corrected chi connectivity index (χ2v) is 3.77. The molecule has 2 rings (SSSR count). The quantitative estimate of drug-likeness (QED) is 0.753. The minimum Gasteiger partial charge on any atom is -0.384 e. The number of nitrogen functional groups attached to an aromatic ring is 1. The van der Waals surface area contributed by atoms with Crippen molar-refractivity contribution in [3.05, 3.63) is 22.4 Å². The monoisotopic (exact) mass is 193 g/mol. The molecule has 2 N–H and O–H groups in total. The van der Waals surface area contributed by atoms with Crippen molar-refractivity contribution in [3.8, 4) is 11.3 Å². The number of nitrogens with zero attached hydrogens (tertiary/aromatic N) is 2. The lowest BCUT2D eigenvalue weighted by molar-refractivity contribution is 0.782. The van der Waals surface area contributed by atoms with Gasteiger partial charge in [-0.3, -0.25) is 4.68 Å². The van der Waals surface area contributed by atoms with E-state index >= 15 is 0 Å². The molecule has 2 aromatic heterocycles. The van der Waals surface area contributed by atoms with Crippen molar-refractivity contribution < 1.29 is 0 Å². The minimum absolute atomic E-state index is 0.737. The molecule has 0 bridgehead atoms. The zero-order chi connectivity index (χ0) is 9.42. The molecule has 0 spiro atoms. The Kier molecular flexibility index (Phi) is 1.84. The zero-order valence-electron chi connectivity index (χ0n) is 7.61. The number of aryl methyl sites for hydroxylation is 1. The fourth-order valence-electron chi connectivity index (χ4n) is 1.32. The van der Waals surface area contributed by atoms with Crippen LogP contribution in [0.4, 0.5) is 5.82 Å². The number of hydrogen-bond acceptors (Lipinski definition) is 3. The van der Waals surface area contributed by atoms with Gasteiger partial charge in [0, 0.05) is 23.6 Å². The molecular weight excluding hydrogens is 182 g/mol. The molecule has 0 unspecified atom stereocenters. The third kappa shape index (κ3) is 1.23. The molecule has 4 heteroatoms. The van der Waals surface area contributed by atoms with Gasteiger partial charge in [-0.05, 0) is 18.4 Å². The topological polar surface area (TPSA) is 43.8 Å². The highest BCUT2D eigenvalue weighted by atomic mass is 32.1. The van der Waals surface area contributed by atoms with Crippen LogP contribution in [0.5, 0.6) is 0 Å². The van der Waals surface area contributed by atoms with E-state index in [9.17, 15) is 0 Å². The third-order valence-corrected chi connectivity index (χ3v) is 2.82. The predicted octanol–water partition coefficient (Wildman–Crippen LogP) is 2.04. The summed E-state index contributed by atoms with van der Waals surface area (Å²) in [6.45, 7) is 2.00. The summed E-state index contributed by atoms with van der Waals surface area (Å²) < 4.78 is 1.71. The molecule has 3 nitrogen and oxygen atoms in total. The van der Waals surface area contributed by atoms with Crippen molar-refractivity contribution in [3.63, 3.8) is 0 Å². The molecule has 0 aliphatic heterocycles. The zero-order valence-corrected chi connectivity index (χ0v) is 8.43. The van der Waals surface area contributed by atoms with Crippen LogP contribution in [0.2, 0.25) is 0 Å². The van der Waals surface area contributed by atoms with Crippen LogP contribution in [-0.4, -0.2) is 9.78 Å². The van der Waals surface area contributed by atoms with Crippen molar-refractivity contribution >= 4 is 17.2 Å². The van der Waals surface area contributed by atoms with Crippen molar-refractivity contribution in [1.29, 1.82) is 0 Å². The summed E-state index contributed by atoms with van der Waals surface area (Å²) in [5, 5.41) is 8.47. The average Bonchev–Trinajstić information content (AvgIpc) is 2.70. The van der Waals surface area contributed by atoms with Crippen LogP contribution in [0.1, 0.15) is 5.56 Å². The van der Waals surface area contributed by atoms with Crippen molar-refractivity contribution in [2.24, 2.45) is 7.05 Å². The Bertz CT molecular complexity index is 414. The molecule has 68 valence electrons. The summed E-state index contributed by atoms with van der Waals surface area (Å²) >= 11 is 1.67. The van der Waals surface area contributed by atoms with Gasteiger partial charge in [0.2, 0.25) is 0 Å². The largest absolute Gasteiger partial charge is 0.384 e. The number of aromatic nitrogens is 2. The fraction of sp³-hybridized carbons (Fsp3) is 0.222. The van der Waals surface area contributed by atoms with Gasteiger partial charge in [0.1, 0.15) is 5.82 Å². The Morgan fingerprint density at radius 2 is 2.31 bits per heavy atom.